The predicted octanol–water partition coefficient (Wildman–Crippen LogP) is 3.08. The zero-order chi connectivity index (χ0) is 13.1. The Kier molecular flexibility index (Phi) is 3.55. The summed E-state index contributed by atoms with van der Waals surface area (Å²) in [5.41, 5.74) is 0.356. The van der Waals surface area contributed by atoms with Crippen molar-refractivity contribution in [2.45, 2.75) is 31.7 Å². The number of nitrogens with zero attached hydrogens (tertiary/aromatic N) is 2. The van der Waals surface area contributed by atoms with Crippen LogP contribution in [0.4, 0.5) is 4.39 Å². The Bertz CT molecular complexity index is 547. The summed E-state index contributed by atoms with van der Waals surface area (Å²) >= 11 is 0. The second kappa shape index (κ2) is 5.48. The van der Waals surface area contributed by atoms with Crippen molar-refractivity contribution in [1.82, 2.24) is 15.5 Å². The maximum atomic E-state index is 13.6. The number of benzene rings is 1. The molecule has 100 valence electrons. The molecule has 1 fully saturated rings. The van der Waals surface area contributed by atoms with E-state index in [1.807, 2.05) is 0 Å². The van der Waals surface area contributed by atoms with Gasteiger partial charge in [-0.1, -0.05) is 30.1 Å². The summed E-state index contributed by atoms with van der Waals surface area (Å²) in [7, 11) is 0. The number of aromatic nitrogens is 2. The van der Waals surface area contributed by atoms with Gasteiger partial charge in [0.15, 0.2) is 5.82 Å². The van der Waals surface area contributed by atoms with Crippen LogP contribution in [0.5, 0.6) is 0 Å². The van der Waals surface area contributed by atoms with E-state index in [1.165, 1.54) is 18.9 Å². The Morgan fingerprint density at radius 3 is 3.00 bits per heavy atom. The molecule has 2 aromatic rings. The maximum absolute atomic E-state index is 13.6. The zero-order valence-corrected chi connectivity index (χ0v) is 10.6. The molecule has 1 N–H and O–H groups in total. The highest BCUT2D eigenvalue weighted by Gasteiger charge is 2.20. The molecule has 0 radical (unpaired) electrons. The summed E-state index contributed by atoms with van der Waals surface area (Å²) in [6.07, 6.45) is 4.55. The van der Waals surface area contributed by atoms with Crippen LogP contribution < -0.4 is 5.32 Å². The third-order valence-electron chi connectivity index (χ3n) is 3.42. The average molecular weight is 261 g/mol. The number of rotatable bonds is 2. The van der Waals surface area contributed by atoms with Crippen LogP contribution >= 0.6 is 0 Å². The number of hydrogen-bond donors (Lipinski definition) is 1. The Hall–Kier alpha value is -1.75. The van der Waals surface area contributed by atoms with E-state index in [4.69, 9.17) is 4.52 Å². The SMILES string of the molecule is Fc1ccccc1-c1nc(C2CCCCCN2)no1. The van der Waals surface area contributed by atoms with Gasteiger partial charge < -0.3 is 9.84 Å². The quantitative estimate of drug-likeness (QED) is 0.902. The lowest BCUT2D eigenvalue weighted by molar-refractivity contribution is 0.401. The first-order valence-corrected chi connectivity index (χ1v) is 6.66. The smallest absolute Gasteiger partial charge is 0.260 e. The Balaban J connectivity index is 1.85. The monoisotopic (exact) mass is 261 g/mol. The molecule has 19 heavy (non-hydrogen) atoms. The molecule has 1 atom stereocenters. The van der Waals surface area contributed by atoms with Gasteiger partial charge in [0.2, 0.25) is 0 Å². The molecule has 1 unspecified atom stereocenters. The van der Waals surface area contributed by atoms with Gasteiger partial charge in [0, 0.05) is 0 Å². The van der Waals surface area contributed by atoms with Gasteiger partial charge in [0.05, 0.1) is 11.6 Å². The maximum Gasteiger partial charge on any atom is 0.260 e. The van der Waals surface area contributed by atoms with Gasteiger partial charge in [-0.2, -0.15) is 4.98 Å². The van der Waals surface area contributed by atoms with Crippen LogP contribution in [0, 0.1) is 5.82 Å². The van der Waals surface area contributed by atoms with Gasteiger partial charge in [0.1, 0.15) is 5.82 Å². The molecular weight excluding hydrogens is 245 g/mol. The summed E-state index contributed by atoms with van der Waals surface area (Å²) in [4.78, 5) is 4.33. The van der Waals surface area contributed by atoms with E-state index in [9.17, 15) is 4.39 Å². The Morgan fingerprint density at radius 2 is 2.11 bits per heavy atom. The van der Waals surface area contributed by atoms with Crippen LogP contribution in [0.1, 0.15) is 37.5 Å². The average Bonchev–Trinajstić information content (AvgIpc) is 2.75. The van der Waals surface area contributed by atoms with Crippen molar-refractivity contribution in [3.05, 3.63) is 35.9 Å². The van der Waals surface area contributed by atoms with E-state index in [0.29, 0.717) is 11.4 Å². The third kappa shape index (κ3) is 2.66. The van der Waals surface area contributed by atoms with Crippen LogP contribution in [0.25, 0.3) is 11.5 Å². The van der Waals surface area contributed by atoms with E-state index >= 15 is 0 Å². The Labute approximate surface area is 111 Å². The molecule has 4 nitrogen and oxygen atoms in total. The minimum Gasteiger partial charge on any atom is -0.334 e. The van der Waals surface area contributed by atoms with Gasteiger partial charge in [-0.3, -0.25) is 0 Å². The van der Waals surface area contributed by atoms with Gasteiger partial charge >= 0.3 is 0 Å². The molecule has 1 aromatic heterocycles. The lowest BCUT2D eigenvalue weighted by atomic mass is 10.1. The first kappa shape index (κ1) is 12.3. The summed E-state index contributed by atoms with van der Waals surface area (Å²) in [5, 5.41) is 7.38. The van der Waals surface area contributed by atoms with Crippen molar-refractivity contribution in [3.63, 3.8) is 0 Å². The largest absolute Gasteiger partial charge is 0.334 e. The van der Waals surface area contributed by atoms with Gasteiger partial charge in [0.25, 0.3) is 5.89 Å². The molecular formula is C14H16FN3O. The van der Waals surface area contributed by atoms with Crippen LogP contribution in [0.15, 0.2) is 28.8 Å². The molecule has 5 heteroatoms. The normalized spacial score (nSPS) is 20.2. The lowest BCUT2D eigenvalue weighted by Gasteiger charge is -2.09. The van der Waals surface area contributed by atoms with Crippen molar-refractivity contribution in [2.75, 3.05) is 6.54 Å². The zero-order valence-electron chi connectivity index (χ0n) is 10.6. The fraction of sp³-hybridized carbons (Fsp3) is 0.429. The van der Waals surface area contributed by atoms with Gasteiger partial charge in [-0.05, 0) is 31.5 Å². The van der Waals surface area contributed by atoms with Crippen molar-refractivity contribution < 1.29 is 8.91 Å². The van der Waals surface area contributed by atoms with Crippen LogP contribution in [0.3, 0.4) is 0 Å². The second-order valence-electron chi connectivity index (χ2n) is 4.79. The molecule has 2 heterocycles. The fourth-order valence-corrected chi connectivity index (χ4v) is 2.37. The number of hydrogen-bond acceptors (Lipinski definition) is 4. The first-order chi connectivity index (χ1) is 9.34. The van der Waals surface area contributed by atoms with E-state index in [2.05, 4.69) is 15.5 Å². The molecule has 1 aromatic carbocycles. The highest BCUT2D eigenvalue weighted by atomic mass is 19.1. The van der Waals surface area contributed by atoms with Crippen LogP contribution in [-0.4, -0.2) is 16.7 Å². The summed E-state index contributed by atoms with van der Waals surface area (Å²) in [6, 6.07) is 6.55. The molecule has 0 saturated carbocycles. The molecule has 0 amide bonds. The van der Waals surface area contributed by atoms with E-state index < -0.39 is 0 Å². The minimum atomic E-state index is -0.341. The summed E-state index contributed by atoms with van der Waals surface area (Å²) in [6.45, 7) is 0.967. The van der Waals surface area contributed by atoms with Gasteiger partial charge in [-0.15, -0.1) is 0 Å². The Morgan fingerprint density at radius 1 is 1.21 bits per heavy atom. The minimum absolute atomic E-state index is 0.117. The third-order valence-corrected chi connectivity index (χ3v) is 3.42. The first-order valence-electron chi connectivity index (χ1n) is 6.66. The van der Waals surface area contributed by atoms with E-state index in [0.717, 1.165) is 19.4 Å². The number of halogens is 1. The molecule has 1 saturated heterocycles. The molecule has 1 aliphatic heterocycles. The standard InChI is InChI=1S/C14H16FN3O/c15-11-7-4-3-6-10(11)14-17-13(18-19-14)12-8-2-1-5-9-16-12/h3-4,6-7,12,16H,1-2,5,8-9H2. The van der Waals surface area contributed by atoms with E-state index in [1.54, 1.807) is 18.2 Å². The fourth-order valence-electron chi connectivity index (χ4n) is 2.37. The molecule has 0 spiro atoms. The number of nitrogens with one attached hydrogen (secondary N) is 1. The van der Waals surface area contributed by atoms with Crippen LogP contribution in [0.2, 0.25) is 0 Å². The second-order valence-corrected chi connectivity index (χ2v) is 4.79. The summed E-state index contributed by atoms with van der Waals surface area (Å²) < 4.78 is 18.8. The van der Waals surface area contributed by atoms with Crippen molar-refractivity contribution in [1.29, 1.82) is 0 Å². The molecule has 0 bridgehead atoms. The summed E-state index contributed by atoms with van der Waals surface area (Å²) in [5.74, 6) is 0.533. The van der Waals surface area contributed by atoms with Crippen molar-refractivity contribution in [2.24, 2.45) is 0 Å². The lowest BCUT2D eigenvalue weighted by Crippen LogP contribution is -2.21. The molecule has 3 rings (SSSR count). The highest BCUT2D eigenvalue weighted by Crippen LogP contribution is 2.25. The highest BCUT2D eigenvalue weighted by molar-refractivity contribution is 5.53. The van der Waals surface area contributed by atoms with Gasteiger partial charge in [-0.25, -0.2) is 4.39 Å². The van der Waals surface area contributed by atoms with Crippen molar-refractivity contribution in [3.8, 4) is 11.5 Å². The predicted molar refractivity (Wildman–Crippen MR) is 68.9 cm³/mol. The molecule has 0 aliphatic carbocycles. The van der Waals surface area contributed by atoms with Crippen LogP contribution in [-0.2, 0) is 0 Å². The molecule has 1 aliphatic rings. The van der Waals surface area contributed by atoms with Crippen molar-refractivity contribution >= 4 is 0 Å². The topological polar surface area (TPSA) is 51.0 Å². The van der Waals surface area contributed by atoms with E-state index in [-0.39, 0.29) is 17.7 Å².